The Hall–Kier alpha value is -1.16. The van der Waals surface area contributed by atoms with E-state index in [1.807, 2.05) is 19.2 Å². The zero-order chi connectivity index (χ0) is 10.7. The van der Waals surface area contributed by atoms with Gasteiger partial charge in [-0.25, -0.2) is 0 Å². The van der Waals surface area contributed by atoms with Crippen LogP contribution in [0.5, 0.6) is 0 Å². The Bertz CT molecular complexity index is 453. The van der Waals surface area contributed by atoms with E-state index in [1.54, 1.807) is 6.20 Å². The van der Waals surface area contributed by atoms with Crippen LogP contribution in [0.2, 0.25) is 0 Å². The van der Waals surface area contributed by atoms with Crippen LogP contribution in [0.25, 0.3) is 10.8 Å². The maximum absolute atomic E-state index is 4.18. The van der Waals surface area contributed by atoms with E-state index in [1.165, 1.54) is 0 Å². The summed E-state index contributed by atoms with van der Waals surface area (Å²) >= 11 is 3.42. The fourth-order valence-corrected chi connectivity index (χ4v) is 2.06. The van der Waals surface area contributed by atoms with Crippen LogP contribution >= 0.6 is 15.9 Å². The monoisotopic (exact) mass is 265 g/mol. The van der Waals surface area contributed by atoms with Crippen molar-refractivity contribution in [3.8, 4) is 0 Å². The molecule has 4 heteroatoms. The number of nitrogens with zero attached hydrogens (tertiary/aromatic N) is 3. The van der Waals surface area contributed by atoms with E-state index in [2.05, 4.69) is 43.2 Å². The minimum atomic E-state index is 0.919. The van der Waals surface area contributed by atoms with E-state index in [9.17, 15) is 0 Å². The highest BCUT2D eigenvalue weighted by atomic mass is 79.9. The molecule has 0 unspecified atom stereocenters. The Labute approximate surface area is 97.2 Å². The van der Waals surface area contributed by atoms with E-state index in [0.29, 0.717) is 0 Å². The average Bonchev–Trinajstić information content (AvgIpc) is 2.28. The summed E-state index contributed by atoms with van der Waals surface area (Å²) in [5.74, 6) is 0.938. The third kappa shape index (κ3) is 2.09. The molecule has 0 aliphatic rings. The van der Waals surface area contributed by atoms with Gasteiger partial charge in [0.25, 0.3) is 0 Å². The highest BCUT2D eigenvalue weighted by Crippen LogP contribution is 2.21. The number of aromatic nitrogens is 2. The predicted octanol–water partition coefficient (Wildman–Crippen LogP) is 2.46. The first kappa shape index (κ1) is 10.4. The molecule has 78 valence electrons. The summed E-state index contributed by atoms with van der Waals surface area (Å²) in [6, 6.07) is 8.16. The van der Waals surface area contributed by atoms with Crippen LogP contribution in [0.3, 0.4) is 0 Å². The zero-order valence-electron chi connectivity index (χ0n) is 8.52. The van der Waals surface area contributed by atoms with E-state index in [-0.39, 0.29) is 0 Å². The summed E-state index contributed by atoms with van der Waals surface area (Å²) < 4.78 is 0. The number of benzene rings is 1. The van der Waals surface area contributed by atoms with Gasteiger partial charge >= 0.3 is 0 Å². The summed E-state index contributed by atoms with van der Waals surface area (Å²) in [6.07, 6.45) is 1.79. The maximum atomic E-state index is 4.18. The van der Waals surface area contributed by atoms with Gasteiger partial charge in [0.15, 0.2) is 5.82 Å². The molecule has 15 heavy (non-hydrogen) atoms. The molecule has 0 amide bonds. The van der Waals surface area contributed by atoms with Gasteiger partial charge in [0, 0.05) is 29.7 Å². The molecule has 0 saturated heterocycles. The number of hydrogen-bond donors (Lipinski definition) is 0. The molecule has 0 radical (unpaired) electrons. The molecule has 0 fully saturated rings. The number of rotatable bonds is 3. The Morgan fingerprint density at radius 2 is 2.13 bits per heavy atom. The second kappa shape index (κ2) is 4.57. The van der Waals surface area contributed by atoms with Crippen molar-refractivity contribution in [2.45, 2.75) is 0 Å². The molecule has 3 nitrogen and oxygen atoms in total. The minimum Gasteiger partial charge on any atom is -0.357 e. The molecule has 0 spiro atoms. The van der Waals surface area contributed by atoms with Crippen LogP contribution in [0.15, 0.2) is 30.5 Å². The van der Waals surface area contributed by atoms with Gasteiger partial charge in [-0.1, -0.05) is 40.2 Å². The number of fused-ring (bicyclic) bond motifs is 1. The van der Waals surface area contributed by atoms with Gasteiger partial charge in [-0.2, -0.15) is 5.10 Å². The van der Waals surface area contributed by atoms with Crippen molar-refractivity contribution in [3.05, 3.63) is 30.5 Å². The summed E-state index contributed by atoms with van der Waals surface area (Å²) in [5.41, 5.74) is 0. The van der Waals surface area contributed by atoms with Crippen molar-refractivity contribution in [1.82, 2.24) is 10.2 Å². The third-order valence-corrected chi connectivity index (χ3v) is 2.69. The molecule has 0 aliphatic carbocycles. The van der Waals surface area contributed by atoms with Crippen LogP contribution in [-0.2, 0) is 0 Å². The van der Waals surface area contributed by atoms with Gasteiger partial charge in [0.05, 0.1) is 6.20 Å². The molecular formula is C11H12BrN3. The quantitative estimate of drug-likeness (QED) is 0.799. The van der Waals surface area contributed by atoms with Crippen LogP contribution in [0.4, 0.5) is 5.82 Å². The lowest BCUT2D eigenvalue weighted by Crippen LogP contribution is -2.21. The Morgan fingerprint density at radius 3 is 2.93 bits per heavy atom. The molecule has 1 aromatic carbocycles. The topological polar surface area (TPSA) is 29.0 Å². The fourth-order valence-electron chi connectivity index (χ4n) is 1.53. The Morgan fingerprint density at radius 1 is 1.33 bits per heavy atom. The van der Waals surface area contributed by atoms with Gasteiger partial charge in [0.2, 0.25) is 0 Å². The number of hydrogen-bond acceptors (Lipinski definition) is 3. The van der Waals surface area contributed by atoms with Gasteiger partial charge in [-0.3, -0.25) is 0 Å². The standard InChI is InChI=1S/C11H12BrN3/c1-15(7-6-12)11-10-5-3-2-4-9(10)8-13-14-11/h2-5,8H,6-7H2,1H3. The first-order valence-electron chi connectivity index (χ1n) is 4.80. The van der Waals surface area contributed by atoms with E-state index < -0.39 is 0 Å². The van der Waals surface area contributed by atoms with Crippen LogP contribution < -0.4 is 4.90 Å². The van der Waals surface area contributed by atoms with Gasteiger partial charge in [-0.15, -0.1) is 5.10 Å². The molecular weight excluding hydrogens is 254 g/mol. The summed E-state index contributed by atoms with van der Waals surface area (Å²) in [4.78, 5) is 2.10. The van der Waals surface area contributed by atoms with E-state index in [0.717, 1.165) is 28.5 Å². The van der Waals surface area contributed by atoms with Crippen LogP contribution in [0, 0.1) is 0 Å². The second-order valence-electron chi connectivity index (χ2n) is 3.37. The lowest BCUT2D eigenvalue weighted by atomic mass is 10.2. The summed E-state index contributed by atoms with van der Waals surface area (Å²) in [5, 5.41) is 11.4. The first-order valence-corrected chi connectivity index (χ1v) is 5.92. The molecule has 2 rings (SSSR count). The second-order valence-corrected chi connectivity index (χ2v) is 4.16. The van der Waals surface area contributed by atoms with Crippen LogP contribution in [-0.4, -0.2) is 29.1 Å². The van der Waals surface area contributed by atoms with Gasteiger partial charge in [0.1, 0.15) is 0 Å². The van der Waals surface area contributed by atoms with Gasteiger partial charge in [-0.05, 0) is 0 Å². The molecule has 2 aromatic rings. The highest BCUT2D eigenvalue weighted by Gasteiger charge is 2.06. The molecule has 0 aliphatic heterocycles. The Kier molecular flexibility index (Phi) is 3.16. The number of alkyl halides is 1. The Balaban J connectivity index is 2.50. The average molecular weight is 266 g/mol. The molecule has 0 atom stereocenters. The normalized spacial score (nSPS) is 10.5. The van der Waals surface area contributed by atoms with E-state index >= 15 is 0 Å². The largest absolute Gasteiger partial charge is 0.357 e. The minimum absolute atomic E-state index is 0.919. The van der Waals surface area contributed by atoms with Crippen molar-refractivity contribution < 1.29 is 0 Å². The molecule has 0 bridgehead atoms. The first-order chi connectivity index (χ1) is 7.33. The SMILES string of the molecule is CN(CCBr)c1nncc2ccccc12. The van der Waals surface area contributed by atoms with Crippen molar-refractivity contribution >= 4 is 32.5 Å². The molecule has 1 heterocycles. The predicted molar refractivity (Wildman–Crippen MR) is 66.6 cm³/mol. The van der Waals surface area contributed by atoms with Crippen LogP contribution in [0.1, 0.15) is 0 Å². The van der Waals surface area contributed by atoms with Crippen molar-refractivity contribution in [2.75, 3.05) is 23.8 Å². The fraction of sp³-hybridized carbons (Fsp3) is 0.273. The molecule has 1 aromatic heterocycles. The molecule has 0 saturated carbocycles. The van der Waals surface area contributed by atoms with Gasteiger partial charge < -0.3 is 4.90 Å². The third-order valence-electron chi connectivity index (χ3n) is 2.33. The van der Waals surface area contributed by atoms with Crippen molar-refractivity contribution in [3.63, 3.8) is 0 Å². The summed E-state index contributed by atoms with van der Waals surface area (Å²) in [6.45, 7) is 0.919. The van der Waals surface area contributed by atoms with E-state index in [4.69, 9.17) is 0 Å². The number of anilines is 1. The summed E-state index contributed by atoms with van der Waals surface area (Å²) in [7, 11) is 2.03. The maximum Gasteiger partial charge on any atom is 0.158 e. The van der Waals surface area contributed by atoms with Crippen molar-refractivity contribution in [1.29, 1.82) is 0 Å². The lowest BCUT2D eigenvalue weighted by molar-refractivity contribution is 0.916. The molecule has 0 N–H and O–H groups in total. The highest BCUT2D eigenvalue weighted by molar-refractivity contribution is 9.09. The smallest absolute Gasteiger partial charge is 0.158 e. The lowest BCUT2D eigenvalue weighted by Gasteiger charge is -2.17. The number of halogens is 1. The zero-order valence-corrected chi connectivity index (χ0v) is 10.1. The van der Waals surface area contributed by atoms with Crippen molar-refractivity contribution in [2.24, 2.45) is 0 Å².